The summed E-state index contributed by atoms with van der Waals surface area (Å²) in [5, 5.41) is 1.51. The van der Waals surface area contributed by atoms with Crippen molar-refractivity contribution < 1.29 is 13.2 Å². The molecule has 74 valence electrons. The minimum atomic E-state index is -2.59. The zero-order valence-corrected chi connectivity index (χ0v) is 8.51. The van der Waals surface area contributed by atoms with Gasteiger partial charge in [0.05, 0.1) is 4.70 Å². The lowest BCUT2D eigenvalue weighted by molar-refractivity contribution is 0.153. The van der Waals surface area contributed by atoms with Crippen molar-refractivity contribution in [2.24, 2.45) is 0 Å². The fourth-order valence-corrected chi connectivity index (χ4v) is 2.67. The summed E-state index contributed by atoms with van der Waals surface area (Å²) >= 11 is 5.01. The minimum Gasteiger partial charge on any atom is -0.205 e. The lowest BCUT2D eigenvalue weighted by Crippen LogP contribution is -1.83. The Bertz CT molecular complexity index is 476. The Morgan fingerprint density at radius 1 is 1.29 bits per heavy atom. The number of rotatable bonds is 1. The first-order valence-corrected chi connectivity index (χ1v) is 5.10. The van der Waals surface area contributed by atoms with Gasteiger partial charge in [-0.3, -0.25) is 0 Å². The first kappa shape index (κ1) is 9.86. The second-order valence-electron chi connectivity index (χ2n) is 2.76. The molecule has 0 nitrogen and oxygen atoms in total. The third-order valence-corrected chi connectivity index (χ3v) is 3.29. The molecular weight excluding hydrogens is 229 g/mol. The summed E-state index contributed by atoms with van der Waals surface area (Å²) in [6, 6.07) is 2.62. The summed E-state index contributed by atoms with van der Waals surface area (Å²) in [6.07, 6.45) is -2.59. The standard InChI is InChI=1S/C9H5F3S2/c10-5-1-2-6(13)7-4(9(11)12)3-14-8(5)7/h1-3,9,13H. The molecule has 0 saturated carbocycles. The van der Waals surface area contributed by atoms with Gasteiger partial charge in [0.15, 0.2) is 0 Å². The maximum Gasteiger partial charge on any atom is 0.265 e. The molecule has 0 amide bonds. The summed E-state index contributed by atoms with van der Waals surface area (Å²) in [5.74, 6) is -0.477. The molecule has 5 heteroatoms. The molecule has 0 atom stereocenters. The minimum absolute atomic E-state index is 0.144. The Morgan fingerprint density at radius 2 is 2.00 bits per heavy atom. The van der Waals surface area contributed by atoms with E-state index in [0.29, 0.717) is 4.90 Å². The Kier molecular flexibility index (Phi) is 2.45. The zero-order chi connectivity index (χ0) is 10.3. The molecule has 0 fully saturated rings. The number of hydrogen-bond donors (Lipinski definition) is 1. The van der Waals surface area contributed by atoms with Crippen LogP contribution in [0.15, 0.2) is 22.4 Å². The molecule has 1 aromatic carbocycles. The Labute approximate surface area is 87.8 Å². The van der Waals surface area contributed by atoms with Crippen molar-refractivity contribution in [3.8, 4) is 0 Å². The van der Waals surface area contributed by atoms with Gasteiger partial charge in [-0.25, -0.2) is 13.2 Å². The maximum absolute atomic E-state index is 13.2. The normalized spacial score (nSPS) is 11.5. The van der Waals surface area contributed by atoms with Crippen LogP contribution in [-0.4, -0.2) is 0 Å². The van der Waals surface area contributed by atoms with Crippen molar-refractivity contribution in [3.05, 3.63) is 28.9 Å². The number of hydrogen-bond acceptors (Lipinski definition) is 2. The average molecular weight is 234 g/mol. The van der Waals surface area contributed by atoms with E-state index >= 15 is 0 Å². The smallest absolute Gasteiger partial charge is 0.205 e. The van der Waals surface area contributed by atoms with E-state index in [1.807, 2.05) is 0 Å². The van der Waals surface area contributed by atoms with Gasteiger partial charge in [-0.2, -0.15) is 0 Å². The summed E-state index contributed by atoms with van der Waals surface area (Å²) in [7, 11) is 0. The van der Waals surface area contributed by atoms with E-state index in [1.54, 1.807) is 0 Å². The predicted octanol–water partition coefficient (Wildman–Crippen LogP) is 4.27. The molecule has 0 aliphatic heterocycles. The van der Waals surface area contributed by atoms with Crippen LogP contribution in [-0.2, 0) is 0 Å². The third-order valence-electron chi connectivity index (χ3n) is 1.92. The molecule has 1 aromatic heterocycles. The van der Waals surface area contributed by atoms with Gasteiger partial charge in [0.1, 0.15) is 5.82 Å². The van der Waals surface area contributed by atoms with Gasteiger partial charge in [-0.15, -0.1) is 24.0 Å². The molecule has 2 aromatic rings. The molecule has 1 heterocycles. The average Bonchev–Trinajstić information content (AvgIpc) is 2.56. The highest BCUT2D eigenvalue weighted by Crippen LogP contribution is 2.37. The molecule has 0 unspecified atom stereocenters. The number of halogens is 3. The molecule has 0 N–H and O–H groups in total. The van der Waals surface area contributed by atoms with E-state index < -0.39 is 12.2 Å². The van der Waals surface area contributed by atoms with E-state index in [4.69, 9.17) is 0 Å². The van der Waals surface area contributed by atoms with Gasteiger partial charge >= 0.3 is 0 Å². The van der Waals surface area contributed by atoms with E-state index in [0.717, 1.165) is 11.3 Å². The van der Waals surface area contributed by atoms with E-state index in [2.05, 4.69) is 12.6 Å². The highest BCUT2D eigenvalue weighted by molar-refractivity contribution is 7.80. The van der Waals surface area contributed by atoms with Crippen LogP contribution in [0.3, 0.4) is 0 Å². The van der Waals surface area contributed by atoms with Crippen LogP contribution in [0.4, 0.5) is 13.2 Å². The first-order chi connectivity index (χ1) is 6.61. The van der Waals surface area contributed by atoms with Gasteiger partial charge in [0.25, 0.3) is 6.43 Å². The van der Waals surface area contributed by atoms with Crippen molar-refractivity contribution in [2.75, 3.05) is 0 Å². The number of fused-ring (bicyclic) bond motifs is 1. The van der Waals surface area contributed by atoms with Crippen molar-refractivity contribution in [1.29, 1.82) is 0 Å². The first-order valence-electron chi connectivity index (χ1n) is 3.78. The zero-order valence-electron chi connectivity index (χ0n) is 6.80. The van der Waals surface area contributed by atoms with Crippen LogP contribution in [0.1, 0.15) is 12.0 Å². The largest absolute Gasteiger partial charge is 0.265 e. The summed E-state index contributed by atoms with van der Waals surface area (Å²) in [5.41, 5.74) is -0.144. The second-order valence-corrected chi connectivity index (χ2v) is 4.12. The Morgan fingerprint density at radius 3 is 2.64 bits per heavy atom. The molecule has 14 heavy (non-hydrogen) atoms. The lowest BCUT2D eigenvalue weighted by atomic mass is 10.2. The Hall–Kier alpha value is -0.680. The van der Waals surface area contributed by atoms with E-state index in [1.165, 1.54) is 17.5 Å². The molecule has 0 radical (unpaired) electrons. The van der Waals surface area contributed by atoms with Crippen LogP contribution >= 0.6 is 24.0 Å². The van der Waals surface area contributed by atoms with Crippen molar-refractivity contribution in [3.63, 3.8) is 0 Å². The Balaban J connectivity index is 2.84. The number of benzene rings is 1. The fraction of sp³-hybridized carbons (Fsp3) is 0.111. The highest BCUT2D eigenvalue weighted by atomic mass is 32.1. The molecular formula is C9H5F3S2. The van der Waals surface area contributed by atoms with E-state index in [9.17, 15) is 13.2 Å². The monoisotopic (exact) mass is 234 g/mol. The fourth-order valence-electron chi connectivity index (χ4n) is 1.28. The topological polar surface area (TPSA) is 0 Å². The van der Waals surface area contributed by atoms with Gasteiger partial charge in [-0.1, -0.05) is 0 Å². The second kappa shape index (κ2) is 3.47. The van der Waals surface area contributed by atoms with Gasteiger partial charge in [0, 0.05) is 21.2 Å². The predicted molar refractivity (Wildman–Crippen MR) is 54.0 cm³/mol. The molecule has 0 bridgehead atoms. The van der Waals surface area contributed by atoms with Crippen LogP contribution < -0.4 is 0 Å². The third kappa shape index (κ3) is 1.40. The van der Waals surface area contributed by atoms with Crippen LogP contribution in [0.25, 0.3) is 10.1 Å². The van der Waals surface area contributed by atoms with Crippen molar-refractivity contribution in [1.82, 2.24) is 0 Å². The van der Waals surface area contributed by atoms with Crippen molar-refractivity contribution in [2.45, 2.75) is 11.3 Å². The summed E-state index contributed by atoms with van der Waals surface area (Å²) < 4.78 is 38.4. The van der Waals surface area contributed by atoms with Crippen LogP contribution in [0, 0.1) is 5.82 Å². The van der Waals surface area contributed by atoms with Crippen LogP contribution in [0.2, 0.25) is 0 Å². The lowest BCUT2D eigenvalue weighted by Gasteiger charge is -2.00. The number of thiophene rings is 1. The maximum atomic E-state index is 13.2. The summed E-state index contributed by atoms with van der Waals surface area (Å²) in [4.78, 5) is 0.387. The number of alkyl halides is 2. The van der Waals surface area contributed by atoms with Gasteiger partial charge in [-0.05, 0) is 12.1 Å². The summed E-state index contributed by atoms with van der Waals surface area (Å²) in [6.45, 7) is 0. The molecule has 0 spiro atoms. The number of thiol groups is 1. The van der Waals surface area contributed by atoms with Crippen molar-refractivity contribution >= 4 is 34.1 Å². The molecule has 0 saturated heterocycles. The van der Waals surface area contributed by atoms with Crippen LogP contribution in [0.5, 0.6) is 0 Å². The van der Waals surface area contributed by atoms with Gasteiger partial charge < -0.3 is 0 Å². The SMILES string of the molecule is Fc1ccc(S)c2c(C(F)F)csc12. The molecule has 2 rings (SSSR count). The van der Waals surface area contributed by atoms with E-state index in [-0.39, 0.29) is 15.6 Å². The van der Waals surface area contributed by atoms with Gasteiger partial charge in [0.2, 0.25) is 0 Å². The molecule has 0 aliphatic rings. The quantitative estimate of drug-likeness (QED) is 0.700. The highest BCUT2D eigenvalue weighted by Gasteiger charge is 2.17. The molecule has 0 aliphatic carbocycles.